The molecule has 1 aromatic carbocycles. The average molecular weight is 413 g/mol. The van der Waals surface area contributed by atoms with Crippen LogP contribution < -0.4 is 0 Å². The van der Waals surface area contributed by atoms with E-state index in [0.717, 1.165) is 38.6 Å². The Balaban J connectivity index is 1.35. The van der Waals surface area contributed by atoms with Crippen molar-refractivity contribution in [1.82, 2.24) is 24.6 Å². The lowest BCUT2D eigenvalue weighted by atomic mass is 9.83. The molecule has 3 heterocycles. The Kier molecular flexibility index (Phi) is 6.40. The molecule has 2 aliphatic rings. The van der Waals surface area contributed by atoms with Crippen LogP contribution in [-0.2, 0) is 22.6 Å². The lowest BCUT2D eigenvalue weighted by molar-refractivity contribution is -0.138. The Morgan fingerprint density at radius 3 is 2.57 bits per heavy atom. The summed E-state index contributed by atoms with van der Waals surface area (Å²) in [5.74, 6) is 0.119. The van der Waals surface area contributed by atoms with Gasteiger partial charge in [-0.15, -0.1) is 0 Å². The van der Waals surface area contributed by atoms with Crippen molar-refractivity contribution in [2.75, 3.05) is 19.6 Å². The minimum Gasteiger partial charge on any atom is -0.341 e. The number of carbonyl (C=O) groups is 2. The lowest BCUT2D eigenvalue weighted by Gasteiger charge is -2.43. The van der Waals surface area contributed by atoms with Crippen LogP contribution in [0.2, 0.25) is 0 Å². The van der Waals surface area contributed by atoms with Crippen LogP contribution in [0.3, 0.4) is 0 Å². The van der Waals surface area contributed by atoms with Crippen molar-refractivity contribution in [2.45, 2.75) is 51.1 Å². The highest BCUT2D eigenvalue weighted by Crippen LogP contribution is 2.31. The molecule has 2 fully saturated rings. The van der Waals surface area contributed by atoms with Crippen molar-refractivity contribution in [3.8, 4) is 0 Å². The Hall–Kier alpha value is -2.77. The van der Waals surface area contributed by atoms with Crippen molar-refractivity contribution < 1.29 is 14.0 Å². The molecule has 30 heavy (non-hydrogen) atoms. The summed E-state index contributed by atoms with van der Waals surface area (Å²) in [5, 5.41) is 4.00. The quantitative estimate of drug-likeness (QED) is 0.754. The fourth-order valence-electron chi connectivity index (χ4n) is 4.75. The van der Waals surface area contributed by atoms with Gasteiger partial charge in [-0.1, -0.05) is 18.2 Å². The standard InChI is InChI=1S/C22H28FN5O2/c23-19-6-2-1-5-18(19)13-21(29)28-10-4-3-7-20(28)17-8-11-26(12-9-17)22(30)14-27-16-24-15-25-27/h1-2,5-6,15-17,20H,3-4,7-14H2. The molecule has 1 aromatic heterocycles. The molecule has 0 spiro atoms. The van der Waals surface area contributed by atoms with Gasteiger partial charge in [-0.2, -0.15) is 5.10 Å². The van der Waals surface area contributed by atoms with Gasteiger partial charge in [-0.05, 0) is 49.7 Å². The molecule has 2 amide bonds. The zero-order chi connectivity index (χ0) is 20.9. The summed E-state index contributed by atoms with van der Waals surface area (Å²) in [7, 11) is 0. The first-order chi connectivity index (χ1) is 14.6. The molecule has 4 rings (SSSR count). The zero-order valence-corrected chi connectivity index (χ0v) is 17.1. The number of hydrogen-bond acceptors (Lipinski definition) is 4. The molecule has 160 valence electrons. The van der Waals surface area contributed by atoms with E-state index in [1.54, 1.807) is 29.2 Å². The van der Waals surface area contributed by atoms with Gasteiger partial charge < -0.3 is 9.80 Å². The number of halogens is 1. The van der Waals surface area contributed by atoms with Gasteiger partial charge in [0.25, 0.3) is 0 Å². The molecule has 8 heteroatoms. The topological polar surface area (TPSA) is 71.3 Å². The number of aromatic nitrogens is 3. The third kappa shape index (κ3) is 4.68. The molecule has 2 saturated heterocycles. The summed E-state index contributed by atoms with van der Waals surface area (Å²) in [4.78, 5) is 33.2. The van der Waals surface area contributed by atoms with Crippen LogP contribution >= 0.6 is 0 Å². The molecule has 1 atom stereocenters. The van der Waals surface area contributed by atoms with Crippen LogP contribution in [0.1, 0.15) is 37.7 Å². The molecule has 2 aliphatic heterocycles. The maximum Gasteiger partial charge on any atom is 0.244 e. The van der Waals surface area contributed by atoms with Crippen LogP contribution in [-0.4, -0.2) is 62.1 Å². The van der Waals surface area contributed by atoms with Gasteiger partial charge >= 0.3 is 0 Å². The number of amides is 2. The number of likely N-dealkylation sites (tertiary alicyclic amines) is 2. The third-order valence-electron chi connectivity index (χ3n) is 6.37. The Bertz CT molecular complexity index is 864. The van der Waals surface area contributed by atoms with E-state index in [-0.39, 0.29) is 36.6 Å². The number of nitrogens with zero attached hydrogens (tertiary/aromatic N) is 5. The second-order valence-electron chi connectivity index (χ2n) is 8.23. The van der Waals surface area contributed by atoms with Crippen molar-refractivity contribution in [3.05, 3.63) is 48.3 Å². The fraction of sp³-hybridized carbons (Fsp3) is 0.545. The fourth-order valence-corrected chi connectivity index (χ4v) is 4.75. The van der Waals surface area contributed by atoms with Gasteiger partial charge in [0.2, 0.25) is 11.8 Å². The maximum atomic E-state index is 14.0. The summed E-state index contributed by atoms with van der Waals surface area (Å²) < 4.78 is 15.5. The summed E-state index contributed by atoms with van der Waals surface area (Å²) in [6.07, 6.45) is 7.95. The molecule has 0 bridgehead atoms. The SMILES string of the molecule is O=C(Cn1cncn1)N1CCC(C2CCCCN2C(=O)Cc2ccccc2F)CC1. The van der Waals surface area contributed by atoms with Crippen molar-refractivity contribution in [2.24, 2.45) is 5.92 Å². The van der Waals surface area contributed by atoms with Gasteiger partial charge in [0, 0.05) is 25.7 Å². The predicted molar refractivity (Wildman–Crippen MR) is 109 cm³/mol. The Morgan fingerprint density at radius 2 is 1.83 bits per heavy atom. The minimum atomic E-state index is -0.321. The number of carbonyl (C=O) groups excluding carboxylic acids is 2. The van der Waals surface area contributed by atoms with E-state index in [2.05, 4.69) is 10.1 Å². The predicted octanol–water partition coefficient (Wildman–Crippen LogP) is 2.28. The summed E-state index contributed by atoms with van der Waals surface area (Å²) in [6, 6.07) is 6.69. The van der Waals surface area contributed by atoms with Crippen molar-refractivity contribution in [3.63, 3.8) is 0 Å². The van der Waals surface area contributed by atoms with E-state index in [1.165, 1.54) is 12.4 Å². The normalized spacial score (nSPS) is 20.4. The van der Waals surface area contributed by atoms with E-state index in [4.69, 9.17) is 0 Å². The van der Waals surface area contributed by atoms with E-state index in [1.807, 2.05) is 9.80 Å². The number of hydrogen-bond donors (Lipinski definition) is 0. The van der Waals surface area contributed by atoms with Gasteiger partial charge in [-0.25, -0.2) is 14.1 Å². The van der Waals surface area contributed by atoms with Crippen molar-refractivity contribution >= 4 is 11.8 Å². The summed E-state index contributed by atoms with van der Waals surface area (Å²) >= 11 is 0. The molecule has 0 saturated carbocycles. The van der Waals surface area contributed by atoms with Crippen LogP contribution in [0.25, 0.3) is 0 Å². The van der Waals surface area contributed by atoms with Gasteiger partial charge in [0.1, 0.15) is 25.0 Å². The highest BCUT2D eigenvalue weighted by Gasteiger charge is 2.35. The second kappa shape index (κ2) is 9.36. The van der Waals surface area contributed by atoms with Crippen LogP contribution in [0.15, 0.2) is 36.9 Å². The molecule has 7 nitrogen and oxygen atoms in total. The minimum absolute atomic E-state index is 0.00879. The van der Waals surface area contributed by atoms with Gasteiger partial charge in [-0.3, -0.25) is 9.59 Å². The van der Waals surface area contributed by atoms with Gasteiger partial charge in [0.15, 0.2) is 0 Å². The van der Waals surface area contributed by atoms with Crippen LogP contribution in [0, 0.1) is 11.7 Å². The van der Waals surface area contributed by atoms with Crippen LogP contribution in [0.4, 0.5) is 4.39 Å². The van der Waals surface area contributed by atoms with E-state index >= 15 is 0 Å². The monoisotopic (exact) mass is 413 g/mol. The summed E-state index contributed by atoms with van der Waals surface area (Å²) in [6.45, 7) is 2.35. The Morgan fingerprint density at radius 1 is 1.03 bits per heavy atom. The van der Waals surface area contributed by atoms with Gasteiger partial charge in [0.05, 0.1) is 6.42 Å². The first-order valence-electron chi connectivity index (χ1n) is 10.7. The van der Waals surface area contributed by atoms with E-state index < -0.39 is 0 Å². The van der Waals surface area contributed by atoms with E-state index in [9.17, 15) is 14.0 Å². The molecular formula is C22H28FN5O2. The number of rotatable bonds is 5. The molecule has 1 unspecified atom stereocenters. The maximum absolute atomic E-state index is 14.0. The van der Waals surface area contributed by atoms with Crippen molar-refractivity contribution in [1.29, 1.82) is 0 Å². The highest BCUT2D eigenvalue weighted by molar-refractivity contribution is 5.79. The van der Waals surface area contributed by atoms with E-state index in [0.29, 0.717) is 24.6 Å². The molecule has 2 aromatic rings. The number of piperidine rings is 2. The zero-order valence-electron chi connectivity index (χ0n) is 17.1. The first-order valence-corrected chi connectivity index (χ1v) is 10.7. The second-order valence-corrected chi connectivity index (χ2v) is 8.23. The first kappa shape index (κ1) is 20.5. The molecule has 0 N–H and O–H groups in total. The molecule has 0 aliphatic carbocycles. The number of benzene rings is 1. The highest BCUT2D eigenvalue weighted by atomic mass is 19.1. The Labute approximate surface area is 175 Å². The largest absolute Gasteiger partial charge is 0.341 e. The molecular weight excluding hydrogens is 385 g/mol. The average Bonchev–Trinajstić information content (AvgIpc) is 3.28. The van der Waals surface area contributed by atoms with Crippen LogP contribution in [0.5, 0.6) is 0 Å². The third-order valence-corrected chi connectivity index (χ3v) is 6.37. The summed E-state index contributed by atoms with van der Waals surface area (Å²) in [5.41, 5.74) is 0.459. The lowest BCUT2D eigenvalue weighted by Crippen LogP contribution is -2.51. The smallest absolute Gasteiger partial charge is 0.244 e. The molecule has 0 radical (unpaired) electrons.